The minimum atomic E-state index is -0.552. The standard InChI is InChI=1S/C16H21N5O3S/c1-4-12(21-15(17)19-20-16(21)25-3)13(22)18-11-8-6-7-10(9-11)14(23)24-5-2/h6-9,12H,4-5H2,1-3H3,(H2,17,19)(H,18,22). The van der Waals surface area contributed by atoms with Crippen molar-refractivity contribution < 1.29 is 14.3 Å². The fourth-order valence-electron chi connectivity index (χ4n) is 2.37. The lowest BCUT2D eigenvalue weighted by molar-refractivity contribution is -0.119. The highest BCUT2D eigenvalue weighted by Gasteiger charge is 2.24. The van der Waals surface area contributed by atoms with Gasteiger partial charge >= 0.3 is 5.97 Å². The lowest BCUT2D eigenvalue weighted by atomic mass is 10.1. The Kier molecular flexibility index (Phi) is 6.40. The highest BCUT2D eigenvalue weighted by atomic mass is 32.2. The van der Waals surface area contributed by atoms with Gasteiger partial charge in [0, 0.05) is 5.69 Å². The van der Waals surface area contributed by atoms with E-state index < -0.39 is 12.0 Å². The van der Waals surface area contributed by atoms with Crippen molar-refractivity contribution in [2.24, 2.45) is 0 Å². The number of amides is 1. The molecule has 134 valence electrons. The smallest absolute Gasteiger partial charge is 0.338 e. The molecular weight excluding hydrogens is 342 g/mol. The van der Waals surface area contributed by atoms with E-state index in [-0.39, 0.29) is 18.5 Å². The van der Waals surface area contributed by atoms with Crippen LogP contribution in [0, 0.1) is 0 Å². The van der Waals surface area contributed by atoms with Gasteiger partial charge in [0.05, 0.1) is 12.2 Å². The molecule has 8 nitrogen and oxygen atoms in total. The Morgan fingerprint density at radius 2 is 2.12 bits per heavy atom. The quantitative estimate of drug-likeness (QED) is 0.573. The number of nitrogens with two attached hydrogens (primary N) is 1. The van der Waals surface area contributed by atoms with Gasteiger partial charge in [-0.2, -0.15) is 0 Å². The van der Waals surface area contributed by atoms with E-state index in [1.165, 1.54) is 11.8 Å². The summed E-state index contributed by atoms with van der Waals surface area (Å²) in [6, 6.07) is 6.05. The monoisotopic (exact) mass is 363 g/mol. The number of aromatic nitrogens is 3. The van der Waals surface area contributed by atoms with Crippen LogP contribution in [0.3, 0.4) is 0 Å². The fourth-order valence-corrected chi connectivity index (χ4v) is 2.91. The van der Waals surface area contributed by atoms with E-state index >= 15 is 0 Å². The van der Waals surface area contributed by atoms with Crippen LogP contribution in [0.15, 0.2) is 29.4 Å². The van der Waals surface area contributed by atoms with Crippen molar-refractivity contribution in [2.75, 3.05) is 23.9 Å². The van der Waals surface area contributed by atoms with Gasteiger partial charge in [0.1, 0.15) is 6.04 Å². The predicted octanol–water partition coefficient (Wildman–Crippen LogP) is 2.35. The molecule has 0 aliphatic carbocycles. The largest absolute Gasteiger partial charge is 0.462 e. The summed E-state index contributed by atoms with van der Waals surface area (Å²) >= 11 is 1.36. The highest BCUT2D eigenvalue weighted by molar-refractivity contribution is 7.98. The van der Waals surface area contributed by atoms with Crippen LogP contribution < -0.4 is 11.1 Å². The Labute approximate surface area is 150 Å². The minimum Gasteiger partial charge on any atom is -0.462 e. The first kappa shape index (κ1) is 18.8. The molecule has 1 aromatic carbocycles. The van der Waals surface area contributed by atoms with Crippen LogP contribution in [0.5, 0.6) is 0 Å². The van der Waals surface area contributed by atoms with E-state index in [4.69, 9.17) is 10.5 Å². The second-order valence-electron chi connectivity index (χ2n) is 5.13. The van der Waals surface area contributed by atoms with Crippen molar-refractivity contribution in [3.05, 3.63) is 29.8 Å². The van der Waals surface area contributed by atoms with Crippen molar-refractivity contribution in [1.29, 1.82) is 0 Å². The molecule has 1 aromatic heterocycles. The van der Waals surface area contributed by atoms with Crippen LogP contribution in [0.1, 0.15) is 36.7 Å². The van der Waals surface area contributed by atoms with E-state index in [0.29, 0.717) is 22.8 Å². The number of carbonyl (C=O) groups excluding carboxylic acids is 2. The molecule has 25 heavy (non-hydrogen) atoms. The number of ether oxygens (including phenoxy) is 1. The van der Waals surface area contributed by atoms with Crippen molar-refractivity contribution in [2.45, 2.75) is 31.5 Å². The van der Waals surface area contributed by atoms with Gasteiger partial charge < -0.3 is 15.8 Å². The Hall–Kier alpha value is -2.55. The number of esters is 1. The SMILES string of the molecule is CCOC(=O)c1cccc(NC(=O)C(CC)n2c(N)nnc2SC)c1. The molecule has 9 heteroatoms. The minimum absolute atomic E-state index is 0.187. The third-order valence-corrected chi connectivity index (χ3v) is 4.16. The molecule has 2 aromatic rings. The zero-order valence-corrected chi connectivity index (χ0v) is 15.2. The van der Waals surface area contributed by atoms with Crippen LogP contribution in [0.25, 0.3) is 0 Å². The molecule has 0 aliphatic heterocycles. The number of thioether (sulfide) groups is 1. The van der Waals surface area contributed by atoms with E-state index in [0.717, 1.165) is 0 Å². The molecule has 1 unspecified atom stereocenters. The Morgan fingerprint density at radius 3 is 2.76 bits per heavy atom. The van der Waals surface area contributed by atoms with E-state index in [1.807, 2.05) is 13.2 Å². The second kappa shape index (κ2) is 8.52. The highest BCUT2D eigenvalue weighted by Crippen LogP contribution is 2.25. The molecule has 0 spiro atoms. The van der Waals surface area contributed by atoms with Crippen LogP contribution in [-0.2, 0) is 9.53 Å². The molecular formula is C16H21N5O3S. The number of hydrogen-bond donors (Lipinski definition) is 2. The summed E-state index contributed by atoms with van der Waals surface area (Å²) in [5, 5.41) is 11.2. The van der Waals surface area contributed by atoms with Crippen LogP contribution in [0.4, 0.5) is 11.6 Å². The molecule has 1 amide bonds. The van der Waals surface area contributed by atoms with E-state index in [1.54, 1.807) is 35.8 Å². The summed E-state index contributed by atoms with van der Waals surface area (Å²) in [4.78, 5) is 24.5. The number of carbonyl (C=O) groups is 2. The number of nitrogens with one attached hydrogen (secondary N) is 1. The molecule has 0 saturated heterocycles. The van der Waals surface area contributed by atoms with Gasteiger partial charge in [-0.05, 0) is 37.8 Å². The Bertz CT molecular complexity index is 762. The van der Waals surface area contributed by atoms with Crippen molar-refractivity contribution in [3.63, 3.8) is 0 Å². The first-order chi connectivity index (χ1) is 12.0. The maximum absolute atomic E-state index is 12.7. The summed E-state index contributed by atoms with van der Waals surface area (Å²) in [5.74, 6) is -0.504. The second-order valence-corrected chi connectivity index (χ2v) is 5.90. The predicted molar refractivity (Wildman–Crippen MR) is 96.6 cm³/mol. The Balaban J connectivity index is 2.21. The van der Waals surface area contributed by atoms with E-state index in [2.05, 4.69) is 15.5 Å². The molecule has 0 saturated carbocycles. The fraction of sp³-hybridized carbons (Fsp3) is 0.375. The first-order valence-electron chi connectivity index (χ1n) is 7.84. The molecule has 0 aliphatic rings. The van der Waals surface area contributed by atoms with Gasteiger partial charge in [0.25, 0.3) is 0 Å². The topological polar surface area (TPSA) is 112 Å². The van der Waals surface area contributed by atoms with Crippen LogP contribution in [0.2, 0.25) is 0 Å². The molecule has 0 radical (unpaired) electrons. The van der Waals surface area contributed by atoms with Gasteiger partial charge in [-0.15, -0.1) is 10.2 Å². The zero-order chi connectivity index (χ0) is 18.4. The molecule has 1 atom stereocenters. The summed E-state index contributed by atoms with van der Waals surface area (Å²) in [5.41, 5.74) is 6.74. The number of nitrogen functional groups attached to an aromatic ring is 1. The van der Waals surface area contributed by atoms with Crippen molar-refractivity contribution in [1.82, 2.24) is 14.8 Å². The summed E-state index contributed by atoms with van der Waals surface area (Å²) in [6.45, 7) is 3.91. The Morgan fingerprint density at radius 1 is 1.36 bits per heavy atom. The number of anilines is 2. The van der Waals surface area contributed by atoms with Crippen molar-refractivity contribution >= 4 is 35.3 Å². The van der Waals surface area contributed by atoms with Gasteiger partial charge in [0.2, 0.25) is 11.9 Å². The van der Waals surface area contributed by atoms with Crippen LogP contribution in [-0.4, -0.2) is 39.5 Å². The van der Waals surface area contributed by atoms with Crippen molar-refractivity contribution in [3.8, 4) is 0 Å². The zero-order valence-electron chi connectivity index (χ0n) is 14.4. The third kappa shape index (κ3) is 4.30. The molecule has 0 fully saturated rings. The van der Waals surface area contributed by atoms with Gasteiger partial charge in [-0.3, -0.25) is 9.36 Å². The average molecular weight is 363 g/mol. The maximum atomic E-state index is 12.7. The number of rotatable bonds is 7. The summed E-state index contributed by atoms with van der Waals surface area (Å²) < 4.78 is 6.58. The summed E-state index contributed by atoms with van der Waals surface area (Å²) in [7, 11) is 0. The van der Waals surface area contributed by atoms with Gasteiger partial charge in [0.15, 0.2) is 5.16 Å². The molecule has 2 rings (SSSR count). The van der Waals surface area contributed by atoms with E-state index in [9.17, 15) is 9.59 Å². The number of nitrogens with zero attached hydrogens (tertiary/aromatic N) is 3. The van der Waals surface area contributed by atoms with Gasteiger partial charge in [-0.25, -0.2) is 4.79 Å². The van der Waals surface area contributed by atoms with Gasteiger partial charge in [-0.1, -0.05) is 24.8 Å². The third-order valence-electron chi connectivity index (χ3n) is 3.52. The lowest BCUT2D eigenvalue weighted by Crippen LogP contribution is -2.27. The number of benzene rings is 1. The normalized spacial score (nSPS) is 11.8. The lowest BCUT2D eigenvalue weighted by Gasteiger charge is -2.18. The number of hydrogen-bond acceptors (Lipinski definition) is 7. The summed E-state index contributed by atoms with van der Waals surface area (Å²) in [6.07, 6.45) is 2.35. The maximum Gasteiger partial charge on any atom is 0.338 e. The first-order valence-corrected chi connectivity index (χ1v) is 9.06. The van der Waals surface area contributed by atoms with Crippen LogP contribution >= 0.6 is 11.8 Å². The molecule has 1 heterocycles. The average Bonchev–Trinajstić information content (AvgIpc) is 2.97. The molecule has 3 N–H and O–H groups in total. The molecule has 0 bridgehead atoms.